The Hall–Kier alpha value is -1.36. The number of nitrogens with one attached hydrogen (secondary N) is 1. The van der Waals surface area contributed by atoms with Crippen LogP contribution in [-0.2, 0) is 0 Å². The van der Waals surface area contributed by atoms with Crippen LogP contribution in [0.3, 0.4) is 0 Å². The summed E-state index contributed by atoms with van der Waals surface area (Å²) >= 11 is 3.38. The fourth-order valence-corrected chi connectivity index (χ4v) is 1.73. The van der Waals surface area contributed by atoms with E-state index in [9.17, 15) is 4.79 Å². The van der Waals surface area contributed by atoms with Crippen molar-refractivity contribution in [3.8, 4) is 5.88 Å². The van der Waals surface area contributed by atoms with E-state index >= 15 is 0 Å². The molecule has 0 atom stereocenters. The molecule has 0 saturated heterocycles. The van der Waals surface area contributed by atoms with Crippen LogP contribution in [0.4, 0.5) is 0 Å². The molecule has 0 spiro atoms. The van der Waals surface area contributed by atoms with Crippen LogP contribution in [0.15, 0.2) is 16.6 Å². The number of H-pyrrole nitrogens is 1. The van der Waals surface area contributed by atoms with Gasteiger partial charge in [0.25, 0.3) is 0 Å². The molecule has 2 aromatic rings. The zero-order chi connectivity index (χ0) is 10.1. The molecule has 0 unspecified atom stereocenters. The van der Waals surface area contributed by atoms with Crippen LogP contribution in [0.25, 0.3) is 11.0 Å². The van der Waals surface area contributed by atoms with Gasteiger partial charge in [0.1, 0.15) is 5.65 Å². The number of rotatable bonds is 2. The van der Waals surface area contributed by atoms with Crippen LogP contribution in [0, 0.1) is 0 Å². The monoisotopic (exact) mass is 254 g/mol. The molecule has 0 amide bonds. The van der Waals surface area contributed by atoms with Gasteiger partial charge in [-0.15, -0.1) is 0 Å². The van der Waals surface area contributed by atoms with Gasteiger partial charge in [-0.2, -0.15) is 4.98 Å². The lowest BCUT2D eigenvalue weighted by Crippen LogP contribution is -1.88. The van der Waals surface area contributed by atoms with Crippen LogP contribution in [0.2, 0.25) is 0 Å². The SMILES string of the molecule is COc1cc(Br)c2cc(C=O)[nH]c2n1. The molecule has 0 fully saturated rings. The second-order valence-electron chi connectivity index (χ2n) is 2.75. The second kappa shape index (κ2) is 3.42. The van der Waals surface area contributed by atoms with Crippen molar-refractivity contribution in [2.24, 2.45) is 0 Å². The van der Waals surface area contributed by atoms with Crippen LogP contribution < -0.4 is 4.74 Å². The van der Waals surface area contributed by atoms with Gasteiger partial charge in [-0.25, -0.2) is 0 Å². The van der Waals surface area contributed by atoms with Crippen molar-refractivity contribution in [2.45, 2.75) is 0 Å². The average molecular weight is 255 g/mol. The number of aldehydes is 1. The van der Waals surface area contributed by atoms with E-state index in [1.807, 2.05) is 0 Å². The maximum atomic E-state index is 10.5. The lowest BCUT2D eigenvalue weighted by atomic mass is 10.3. The molecule has 2 rings (SSSR count). The van der Waals surface area contributed by atoms with E-state index < -0.39 is 0 Å². The first-order valence-electron chi connectivity index (χ1n) is 3.93. The summed E-state index contributed by atoms with van der Waals surface area (Å²) in [6, 6.07) is 3.49. The Kier molecular flexibility index (Phi) is 2.25. The van der Waals surface area contributed by atoms with Crippen molar-refractivity contribution < 1.29 is 9.53 Å². The highest BCUT2D eigenvalue weighted by atomic mass is 79.9. The molecule has 0 aliphatic carbocycles. The van der Waals surface area contributed by atoms with Crippen LogP contribution in [0.5, 0.6) is 5.88 Å². The first-order chi connectivity index (χ1) is 6.74. The normalized spacial score (nSPS) is 10.4. The molecule has 14 heavy (non-hydrogen) atoms. The average Bonchev–Trinajstić information content (AvgIpc) is 2.61. The standard InChI is InChI=1S/C9H7BrN2O2/c1-14-8-3-7(10)6-2-5(4-13)11-9(6)12-8/h2-4H,1H3,(H,11,12). The Balaban J connectivity index is 2.73. The van der Waals surface area contributed by atoms with Crippen LogP contribution in [-0.4, -0.2) is 23.4 Å². The van der Waals surface area contributed by atoms with Gasteiger partial charge < -0.3 is 9.72 Å². The van der Waals surface area contributed by atoms with Crippen molar-refractivity contribution in [2.75, 3.05) is 7.11 Å². The number of aromatic nitrogens is 2. The number of pyridine rings is 1. The Bertz CT molecular complexity index is 493. The molecule has 0 aromatic carbocycles. The number of halogens is 1. The Morgan fingerprint density at radius 1 is 1.57 bits per heavy atom. The fraction of sp³-hybridized carbons (Fsp3) is 0.111. The Morgan fingerprint density at radius 2 is 2.36 bits per heavy atom. The fourth-order valence-electron chi connectivity index (χ4n) is 1.23. The molecular formula is C9H7BrN2O2. The van der Waals surface area contributed by atoms with Gasteiger partial charge in [-0.05, 0) is 22.0 Å². The van der Waals surface area contributed by atoms with Gasteiger partial charge in [0, 0.05) is 15.9 Å². The van der Waals surface area contributed by atoms with E-state index in [0.717, 1.165) is 16.1 Å². The van der Waals surface area contributed by atoms with E-state index in [1.54, 1.807) is 19.2 Å². The number of ether oxygens (including phenoxy) is 1. The van der Waals surface area contributed by atoms with Gasteiger partial charge in [-0.3, -0.25) is 4.79 Å². The summed E-state index contributed by atoms with van der Waals surface area (Å²) in [7, 11) is 1.55. The molecule has 1 N–H and O–H groups in total. The minimum Gasteiger partial charge on any atom is -0.481 e. The zero-order valence-corrected chi connectivity index (χ0v) is 8.96. The molecule has 72 valence electrons. The summed E-state index contributed by atoms with van der Waals surface area (Å²) in [6.07, 6.45) is 0.751. The molecule has 0 bridgehead atoms. The topological polar surface area (TPSA) is 55.0 Å². The molecule has 0 radical (unpaired) electrons. The summed E-state index contributed by atoms with van der Waals surface area (Å²) in [5, 5.41) is 0.868. The molecule has 0 saturated carbocycles. The Morgan fingerprint density at radius 3 is 3.00 bits per heavy atom. The molecule has 0 aliphatic heterocycles. The number of nitrogens with zero attached hydrogens (tertiary/aromatic N) is 1. The first-order valence-corrected chi connectivity index (χ1v) is 4.72. The smallest absolute Gasteiger partial charge is 0.216 e. The van der Waals surface area contributed by atoms with Crippen LogP contribution in [0.1, 0.15) is 10.5 Å². The Labute approximate surface area is 88.4 Å². The highest BCUT2D eigenvalue weighted by Crippen LogP contribution is 2.26. The molecule has 2 heterocycles. The molecule has 2 aromatic heterocycles. The summed E-state index contributed by atoms with van der Waals surface area (Å²) in [5.41, 5.74) is 1.14. The van der Waals surface area contributed by atoms with Crippen molar-refractivity contribution in [1.29, 1.82) is 0 Å². The third-order valence-corrected chi connectivity index (χ3v) is 2.54. The number of hydrogen-bond donors (Lipinski definition) is 1. The predicted octanol–water partition coefficient (Wildman–Crippen LogP) is 2.15. The first kappa shape index (κ1) is 9.21. The number of hydrogen-bond acceptors (Lipinski definition) is 3. The number of fused-ring (bicyclic) bond motifs is 1. The third-order valence-electron chi connectivity index (χ3n) is 1.88. The summed E-state index contributed by atoms with van der Waals surface area (Å²) in [5.74, 6) is 0.503. The zero-order valence-electron chi connectivity index (χ0n) is 7.37. The highest BCUT2D eigenvalue weighted by molar-refractivity contribution is 9.10. The summed E-state index contributed by atoms with van der Waals surface area (Å²) in [4.78, 5) is 17.6. The van der Waals surface area contributed by atoms with Crippen molar-refractivity contribution in [1.82, 2.24) is 9.97 Å². The highest BCUT2D eigenvalue weighted by Gasteiger charge is 2.07. The van der Waals surface area contributed by atoms with E-state index in [1.165, 1.54) is 0 Å². The molecule has 0 aliphatic rings. The lowest BCUT2D eigenvalue weighted by molar-refractivity contribution is 0.111. The summed E-state index contributed by atoms with van der Waals surface area (Å²) in [6.45, 7) is 0. The van der Waals surface area contributed by atoms with E-state index in [0.29, 0.717) is 17.2 Å². The largest absolute Gasteiger partial charge is 0.481 e. The van der Waals surface area contributed by atoms with E-state index in [4.69, 9.17) is 4.74 Å². The molecular weight excluding hydrogens is 248 g/mol. The third kappa shape index (κ3) is 1.39. The van der Waals surface area contributed by atoms with Gasteiger partial charge in [-0.1, -0.05) is 0 Å². The number of methoxy groups -OCH3 is 1. The number of aromatic amines is 1. The van der Waals surface area contributed by atoms with Crippen molar-refractivity contribution in [3.05, 3.63) is 22.3 Å². The summed E-state index contributed by atoms with van der Waals surface area (Å²) < 4.78 is 5.85. The van der Waals surface area contributed by atoms with Gasteiger partial charge in [0.2, 0.25) is 5.88 Å². The maximum absolute atomic E-state index is 10.5. The lowest BCUT2D eigenvalue weighted by Gasteiger charge is -1.99. The van der Waals surface area contributed by atoms with Crippen molar-refractivity contribution >= 4 is 33.2 Å². The van der Waals surface area contributed by atoms with E-state index in [2.05, 4.69) is 25.9 Å². The molecule has 4 nitrogen and oxygen atoms in total. The van der Waals surface area contributed by atoms with Gasteiger partial charge >= 0.3 is 0 Å². The minimum absolute atomic E-state index is 0.501. The molecule has 5 heteroatoms. The van der Waals surface area contributed by atoms with Gasteiger partial charge in [0.05, 0.1) is 12.8 Å². The van der Waals surface area contributed by atoms with E-state index in [-0.39, 0.29) is 0 Å². The quantitative estimate of drug-likeness (QED) is 0.836. The van der Waals surface area contributed by atoms with Crippen LogP contribution >= 0.6 is 15.9 Å². The predicted molar refractivity (Wildman–Crippen MR) is 55.7 cm³/mol. The van der Waals surface area contributed by atoms with Crippen molar-refractivity contribution in [3.63, 3.8) is 0 Å². The second-order valence-corrected chi connectivity index (χ2v) is 3.61. The maximum Gasteiger partial charge on any atom is 0.216 e. The number of carbonyl (C=O) groups excluding carboxylic acids is 1. The minimum atomic E-state index is 0.501. The van der Waals surface area contributed by atoms with Gasteiger partial charge in [0.15, 0.2) is 6.29 Å². The number of carbonyl (C=O) groups is 1.